The minimum atomic E-state index is -0.132. The maximum Gasteiger partial charge on any atom is 0.269 e. The molecule has 1 amide bonds. The van der Waals surface area contributed by atoms with E-state index in [1.54, 1.807) is 18.2 Å². The Morgan fingerprint density at radius 1 is 1.50 bits per heavy atom. The molecule has 2 heterocycles. The van der Waals surface area contributed by atoms with E-state index < -0.39 is 0 Å². The second-order valence-corrected chi connectivity index (χ2v) is 5.19. The van der Waals surface area contributed by atoms with E-state index in [9.17, 15) is 4.79 Å². The maximum atomic E-state index is 11.8. The van der Waals surface area contributed by atoms with Gasteiger partial charge in [-0.1, -0.05) is 6.07 Å². The minimum absolute atomic E-state index is 0.132. The van der Waals surface area contributed by atoms with Gasteiger partial charge in [0, 0.05) is 13.2 Å². The fourth-order valence-electron chi connectivity index (χ4n) is 2.01. The number of nitrogens with one attached hydrogen (secondary N) is 1. The Balaban J connectivity index is 1.74. The van der Waals surface area contributed by atoms with Gasteiger partial charge in [0.25, 0.3) is 5.91 Å². The Morgan fingerprint density at radius 2 is 2.39 bits per heavy atom. The van der Waals surface area contributed by atoms with Crippen molar-refractivity contribution < 1.29 is 9.53 Å². The predicted octanol–water partition coefficient (Wildman–Crippen LogP) is 2.53. The molecule has 0 aliphatic carbocycles. The van der Waals surface area contributed by atoms with Gasteiger partial charge in [0.05, 0.1) is 6.10 Å². The zero-order valence-electron chi connectivity index (χ0n) is 10.2. The first kappa shape index (κ1) is 13.5. The second-order valence-electron chi connectivity index (χ2n) is 4.38. The van der Waals surface area contributed by atoms with E-state index >= 15 is 0 Å². The molecule has 1 aliphatic heterocycles. The van der Waals surface area contributed by atoms with Crippen molar-refractivity contribution in [2.24, 2.45) is 0 Å². The summed E-state index contributed by atoms with van der Waals surface area (Å²) < 4.78 is 6.28. The highest BCUT2D eigenvalue weighted by atomic mass is 79.9. The lowest BCUT2D eigenvalue weighted by molar-refractivity contribution is 0.0117. The largest absolute Gasteiger partial charge is 0.378 e. The molecule has 0 saturated carbocycles. The molecule has 98 valence electrons. The number of aromatic nitrogens is 1. The molecule has 1 fully saturated rings. The highest BCUT2D eigenvalue weighted by Gasteiger charge is 2.14. The molecule has 4 nitrogen and oxygen atoms in total. The Bertz CT molecular complexity index is 406. The molecule has 1 N–H and O–H groups in total. The van der Waals surface area contributed by atoms with Crippen molar-refractivity contribution in [2.75, 3.05) is 13.2 Å². The Morgan fingerprint density at radius 3 is 3.11 bits per heavy atom. The topological polar surface area (TPSA) is 51.2 Å². The van der Waals surface area contributed by atoms with E-state index in [4.69, 9.17) is 4.74 Å². The molecule has 2 rings (SSSR count). The predicted molar refractivity (Wildman–Crippen MR) is 72.5 cm³/mol. The number of halogens is 1. The lowest BCUT2D eigenvalue weighted by Gasteiger charge is -2.22. The van der Waals surface area contributed by atoms with Gasteiger partial charge in [-0.2, -0.15) is 0 Å². The zero-order chi connectivity index (χ0) is 12.8. The number of hydrogen-bond acceptors (Lipinski definition) is 3. The third-order valence-electron chi connectivity index (χ3n) is 2.97. The van der Waals surface area contributed by atoms with Gasteiger partial charge in [-0.05, 0) is 53.7 Å². The van der Waals surface area contributed by atoms with Gasteiger partial charge in [-0.3, -0.25) is 4.79 Å². The van der Waals surface area contributed by atoms with Gasteiger partial charge in [0.1, 0.15) is 10.3 Å². The summed E-state index contributed by atoms with van der Waals surface area (Å²) in [4.78, 5) is 15.9. The van der Waals surface area contributed by atoms with Crippen LogP contribution in [0.15, 0.2) is 22.8 Å². The summed E-state index contributed by atoms with van der Waals surface area (Å²) in [5.74, 6) is -0.132. The van der Waals surface area contributed by atoms with Crippen molar-refractivity contribution in [2.45, 2.75) is 31.8 Å². The minimum Gasteiger partial charge on any atom is -0.378 e. The normalized spacial score (nSPS) is 19.5. The third-order valence-corrected chi connectivity index (χ3v) is 3.42. The third kappa shape index (κ3) is 4.07. The molecule has 0 radical (unpaired) electrons. The lowest BCUT2D eigenvalue weighted by Crippen LogP contribution is -2.29. The van der Waals surface area contributed by atoms with E-state index in [1.165, 1.54) is 6.42 Å². The Kier molecular flexibility index (Phi) is 5.13. The number of amides is 1. The van der Waals surface area contributed by atoms with Gasteiger partial charge in [0.2, 0.25) is 0 Å². The number of nitrogens with zero attached hydrogens (tertiary/aromatic N) is 1. The molecule has 1 atom stereocenters. The summed E-state index contributed by atoms with van der Waals surface area (Å²) in [6, 6.07) is 5.31. The van der Waals surface area contributed by atoms with Crippen LogP contribution in [0.2, 0.25) is 0 Å². The van der Waals surface area contributed by atoms with E-state index in [-0.39, 0.29) is 5.91 Å². The highest BCUT2D eigenvalue weighted by molar-refractivity contribution is 9.10. The zero-order valence-corrected chi connectivity index (χ0v) is 11.8. The van der Waals surface area contributed by atoms with Gasteiger partial charge >= 0.3 is 0 Å². The van der Waals surface area contributed by atoms with E-state index in [0.717, 1.165) is 25.9 Å². The maximum absolute atomic E-state index is 11.8. The molecule has 0 spiro atoms. The number of rotatable bonds is 4. The first-order valence-corrected chi connectivity index (χ1v) is 7.07. The summed E-state index contributed by atoms with van der Waals surface area (Å²) in [5.41, 5.74) is 0.439. The molecule has 0 aromatic carbocycles. The quantitative estimate of drug-likeness (QED) is 0.869. The van der Waals surface area contributed by atoms with Crippen LogP contribution in [0.4, 0.5) is 0 Å². The van der Waals surface area contributed by atoms with Crippen molar-refractivity contribution in [3.8, 4) is 0 Å². The van der Waals surface area contributed by atoms with Crippen LogP contribution in [0.5, 0.6) is 0 Å². The molecular formula is C13H17BrN2O2. The Hall–Kier alpha value is -0.940. The molecule has 1 aromatic heterocycles. The van der Waals surface area contributed by atoms with Crippen LogP contribution in [0, 0.1) is 0 Å². The van der Waals surface area contributed by atoms with Crippen LogP contribution >= 0.6 is 15.9 Å². The van der Waals surface area contributed by atoms with Crippen LogP contribution in [0.3, 0.4) is 0 Å². The second kappa shape index (κ2) is 6.85. The van der Waals surface area contributed by atoms with E-state index in [0.29, 0.717) is 22.9 Å². The molecule has 18 heavy (non-hydrogen) atoms. The van der Waals surface area contributed by atoms with Crippen molar-refractivity contribution in [3.63, 3.8) is 0 Å². The molecule has 1 saturated heterocycles. The molecule has 5 heteroatoms. The molecular weight excluding hydrogens is 296 g/mol. The van der Waals surface area contributed by atoms with Gasteiger partial charge < -0.3 is 10.1 Å². The number of pyridine rings is 1. The standard InChI is InChI=1S/C13H17BrN2O2/c14-12-6-3-5-11(16-12)13(17)15-8-7-10-4-1-2-9-18-10/h3,5-6,10H,1-2,4,7-9H2,(H,15,17). The number of carbonyl (C=O) groups is 1. The van der Waals surface area contributed by atoms with Crippen LogP contribution in [0.1, 0.15) is 36.2 Å². The van der Waals surface area contributed by atoms with Crippen LogP contribution < -0.4 is 5.32 Å². The van der Waals surface area contributed by atoms with Gasteiger partial charge in [0.15, 0.2) is 0 Å². The summed E-state index contributed by atoms with van der Waals surface area (Å²) in [6.07, 6.45) is 4.66. The summed E-state index contributed by atoms with van der Waals surface area (Å²) in [6.45, 7) is 1.49. The van der Waals surface area contributed by atoms with E-state index in [2.05, 4.69) is 26.2 Å². The van der Waals surface area contributed by atoms with Crippen molar-refractivity contribution in [1.29, 1.82) is 0 Å². The van der Waals surface area contributed by atoms with Gasteiger partial charge in [-0.25, -0.2) is 4.98 Å². The molecule has 1 aromatic rings. The van der Waals surface area contributed by atoms with Crippen LogP contribution in [-0.2, 0) is 4.74 Å². The highest BCUT2D eigenvalue weighted by Crippen LogP contribution is 2.14. The summed E-state index contributed by atoms with van der Waals surface area (Å²) >= 11 is 3.25. The average molecular weight is 313 g/mol. The SMILES string of the molecule is O=C(NCCC1CCCCO1)c1cccc(Br)n1. The molecule has 0 bridgehead atoms. The Labute approximate surface area is 115 Å². The smallest absolute Gasteiger partial charge is 0.269 e. The number of hydrogen-bond donors (Lipinski definition) is 1. The van der Waals surface area contributed by atoms with Gasteiger partial charge in [-0.15, -0.1) is 0 Å². The van der Waals surface area contributed by atoms with Crippen molar-refractivity contribution in [1.82, 2.24) is 10.3 Å². The van der Waals surface area contributed by atoms with Crippen molar-refractivity contribution in [3.05, 3.63) is 28.5 Å². The molecule has 1 aliphatic rings. The fraction of sp³-hybridized carbons (Fsp3) is 0.538. The van der Waals surface area contributed by atoms with Crippen molar-refractivity contribution >= 4 is 21.8 Å². The first-order valence-electron chi connectivity index (χ1n) is 6.28. The van der Waals surface area contributed by atoms with Crippen LogP contribution in [0.25, 0.3) is 0 Å². The first-order chi connectivity index (χ1) is 8.75. The number of carbonyl (C=O) groups excluding carboxylic acids is 1. The van der Waals surface area contributed by atoms with Crippen LogP contribution in [-0.4, -0.2) is 30.1 Å². The molecule has 1 unspecified atom stereocenters. The summed E-state index contributed by atoms with van der Waals surface area (Å²) in [7, 11) is 0. The number of ether oxygens (including phenoxy) is 1. The lowest BCUT2D eigenvalue weighted by atomic mass is 10.1. The van der Waals surface area contributed by atoms with E-state index in [1.807, 2.05) is 0 Å². The average Bonchev–Trinajstić information content (AvgIpc) is 2.40. The fourth-order valence-corrected chi connectivity index (χ4v) is 2.35. The monoisotopic (exact) mass is 312 g/mol. The summed E-state index contributed by atoms with van der Waals surface area (Å²) in [5, 5.41) is 2.87.